The van der Waals surface area contributed by atoms with Crippen molar-refractivity contribution in [3.63, 3.8) is 0 Å². The van der Waals surface area contributed by atoms with E-state index in [1.165, 1.54) is 24.9 Å². The van der Waals surface area contributed by atoms with Crippen molar-refractivity contribution in [2.45, 2.75) is 45.6 Å². The predicted octanol–water partition coefficient (Wildman–Crippen LogP) is 2.99. The smallest absolute Gasteiger partial charge is 0.241 e. The molecule has 2 atom stereocenters. The third-order valence-electron chi connectivity index (χ3n) is 4.42. The molecule has 2 rings (SSSR count). The van der Waals surface area contributed by atoms with E-state index < -0.39 is 6.04 Å². The van der Waals surface area contributed by atoms with Crippen molar-refractivity contribution in [3.05, 3.63) is 24.3 Å². The van der Waals surface area contributed by atoms with Gasteiger partial charge in [0.15, 0.2) is 0 Å². The first-order valence-electron chi connectivity index (χ1n) is 8.03. The van der Waals surface area contributed by atoms with Gasteiger partial charge < -0.3 is 16.0 Å². The van der Waals surface area contributed by atoms with Gasteiger partial charge in [0.25, 0.3) is 0 Å². The third-order valence-corrected chi connectivity index (χ3v) is 4.42. The summed E-state index contributed by atoms with van der Waals surface area (Å²) < 4.78 is 0. The van der Waals surface area contributed by atoms with Crippen molar-refractivity contribution in [1.82, 2.24) is 0 Å². The van der Waals surface area contributed by atoms with E-state index in [2.05, 4.69) is 22.3 Å². The van der Waals surface area contributed by atoms with E-state index in [9.17, 15) is 4.79 Å². The second kappa shape index (κ2) is 7.46. The first-order chi connectivity index (χ1) is 10.1. The summed E-state index contributed by atoms with van der Waals surface area (Å²) >= 11 is 0. The van der Waals surface area contributed by atoms with Crippen molar-refractivity contribution in [3.8, 4) is 0 Å². The molecule has 1 aromatic rings. The van der Waals surface area contributed by atoms with Gasteiger partial charge in [0.1, 0.15) is 0 Å². The van der Waals surface area contributed by atoms with Crippen LogP contribution in [0.15, 0.2) is 24.3 Å². The number of rotatable bonds is 5. The summed E-state index contributed by atoms with van der Waals surface area (Å²) in [5, 5.41) is 2.90. The Morgan fingerprint density at radius 1 is 1.24 bits per heavy atom. The van der Waals surface area contributed by atoms with Crippen LogP contribution in [0.25, 0.3) is 0 Å². The maximum Gasteiger partial charge on any atom is 0.241 e. The highest BCUT2D eigenvalue weighted by molar-refractivity contribution is 5.95. The standard InChI is InChI=1S/C17H27N3O/c1-3-13(2)16(18)17(21)19-14-7-9-15(10-8-14)20-11-5-4-6-12-20/h7-10,13,16H,3-6,11-12,18H2,1-2H3,(H,19,21)/t13-,16?/m0/s1. The lowest BCUT2D eigenvalue weighted by Crippen LogP contribution is -2.40. The minimum absolute atomic E-state index is 0.102. The van der Waals surface area contributed by atoms with Crippen molar-refractivity contribution in [1.29, 1.82) is 0 Å². The van der Waals surface area contributed by atoms with Crippen LogP contribution in [-0.2, 0) is 4.79 Å². The van der Waals surface area contributed by atoms with Gasteiger partial charge in [-0.15, -0.1) is 0 Å². The summed E-state index contributed by atoms with van der Waals surface area (Å²) in [6, 6.07) is 7.64. The number of piperidine rings is 1. The Morgan fingerprint density at radius 3 is 2.43 bits per heavy atom. The van der Waals surface area contributed by atoms with Crippen LogP contribution < -0.4 is 16.0 Å². The maximum atomic E-state index is 12.1. The van der Waals surface area contributed by atoms with Gasteiger partial charge in [0.2, 0.25) is 5.91 Å². The fraction of sp³-hybridized carbons (Fsp3) is 0.588. The van der Waals surface area contributed by atoms with Crippen LogP contribution in [0.1, 0.15) is 39.5 Å². The molecule has 1 aliphatic heterocycles. The molecule has 21 heavy (non-hydrogen) atoms. The van der Waals surface area contributed by atoms with E-state index >= 15 is 0 Å². The number of nitrogens with two attached hydrogens (primary N) is 1. The molecule has 1 saturated heterocycles. The van der Waals surface area contributed by atoms with Gasteiger partial charge in [-0.2, -0.15) is 0 Å². The molecule has 0 radical (unpaired) electrons. The van der Waals surface area contributed by atoms with Crippen LogP contribution in [-0.4, -0.2) is 25.0 Å². The first kappa shape index (κ1) is 15.8. The number of carbonyl (C=O) groups excluding carboxylic acids is 1. The molecule has 0 spiro atoms. The van der Waals surface area contributed by atoms with E-state index in [1.54, 1.807) is 0 Å². The van der Waals surface area contributed by atoms with E-state index in [0.29, 0.717) is 0 Å². The lowest BCUT2D eigenvalue weighted by molar-refractivity contribution is -0.118. The Labute approximate surface area is 127 Å². The molecule has 4 heteroatoms. The molecule has 116 valence electrons. The van der Waals surface area contributed by atoms with Gasteiger partial charge in [-0.1, -0.05) is 20.3 Å². The van der Waals surface area contributed by atoms with E-state index in [-0.39, 0.29) is 11.8 Å². The molecule has 1 unspecified atom stereocenters. The minimum Gasteiger partial charge on any atom is -0.372 e. The zero-order valence-corrected chi connectivity index (χ0v) is 13.1. The third kappa shape index (κ3) is 4.21. The van der Waals surface area contributed by atoms with Crippen LogP contribution in [0, 0.1) is 5.92 Å². The number of nitrogens with one attached hydrogen (secondary N) is 1. The number of hydrogen-bond donors (Lipinski definition) is 2. The first-order valence-corrected chi connectivity index (χ1v) is 8.03. The number of hydrogen-bond acceptors (Lipinski definition) is 3. The highest BCUT2D eigenvalue weighted by Gasteiger charge is 2.19. The number of carbonyl (C=O) groups is 1. The zero-order valence-electron chi connectivity index (χ0n) is 13.1. The largest absolute Gasteiger partial charge is 0.372 e. The Hall–Kier alpha value is -1.55. The molecule has 1 aromatic carbocycles. The Kier molecular flexibility index (Phi) is 5.62. The molecule has 4 nitrogen and oxygen atoms in total. The molecule has 1 heterocycles. The molecule has 0 saturated carbocycles. The van der Waals surface area contributed by atoms with Gasteiger partial charge in [-0.25, -0.2) is 0 Å². The number of nitrogens with zero attached hydrogens (tertiary/aromatic N) is 1. The Bertz CT molecular complexity index is 452. The van der Waals surface area contributed by atoms with Crippen molar-refractivity contribution >= 4 is 17.3 Å². The van der Waals surface area contributed by atoms with E-state index in [1.807, 2.05) is 26.0 Å². The second-order valence-electron chi connectivity index (χ2n) is 6.00. The van der Waals surface area contributed by atoms with Crippen LogP contribution in [0.4, 0.5) is 11.4 Å². The van der Waals surface area contributed by atoms with Crippen LogP contribution >= 0.6 is 0 Å². The summed E-state index contributed by atoms with van der Waals surface area (Å²) in [5.41, 5.74) is 8.00. The summed E-state index contributed by atoms with van der Waals surface area (Å²) in [6.07, 6.45) is 4.77. The fourth-order valence-electron chi connectivity index (χ4n) is 2.65. The molecule has 0 aromatic heterocycles. The molecule has 1 amide bonds. The number of benzene rings is 1. The normalized spacial score (nSPS) is 18.1. The van der Waals surface area contributed by atoms with Crippen molar-refractivity contribution in [2.24, 2.45) is 11.7 Å². The lowest BCUT2D eigenvalue weighted by atomic mass is 9.99. The molecule has 0 aliphatic carbocycles. The van der Waals surface area contributed by atoms with Gasteiger partial charge in [-0.05, 0) is 49.4 Å². The molecule has 1 fully saturated rings. The van der Waals surface area contributed by atoms with Crippen LogP contribution in [0.5, 0.6) is 0 Å². The van der Waals surface area contributed by atoms with Crippen molar-refractivity contribution in [2.75, 3.05) is 23.3 Å². The molecule has 0 bridgehead atoms. The Morgan fingerprint density at radius 2 is 1.86 bits per heavy atom. The monoisotopic (exact) mass is 289 g/mol. The second-order valence-corrected chi connectivity index (χ2v) is 6.00. The van der Waals surface area contributed by atoms with Crippen LogP contribution in [0.2, 0.25) is 0 Å². The topological polar surface area (TPSA) is 58.4 Å². The average Bonchev–Trinajstić information content (AvgIpc) is 2.54. The highest BCUT2D eigenvalue weighted by atomic mass is 16.2. The summed E-state index contributed by atoms with van der Waals surface area (Å²) in [5.74, 6) is 0.0905. The van der Waals surface area contributed by atoms with Gasteiger partial charge in [0.05, 0.1) is 6.04 Å². The molecular weight excluding hydrogens is 262 g/mol. The average molecular weight is 289 g/mol. The van der Waals surface area contributed by atoms with Gasteiger partial charge >= 0.3 is 0 Å². The summed E-state index contributed by atoms with van der Waals surface area (Å²) in [6.45, 7) is 6.31. The Balaban J connectivity index is 1.94. The SMILES string of the molecule is CC[C@H](C)C(N)C(=O)Nc1ccc(N2CCCCC2)cc1. The van der Waals surface area contributed by atoms with Gasteiger partial charge in [-0.3, -0.25) is 4.79 Å². The highest BCUT2D eigenvalue weighted by Crippen LogP contribution is 2.22. The van der Waals surface area contributed by atoms with E-state index in [0.717, 1.165) is 25.2 Å². The minimum atomic E-state index is -0.447. The maximum absolute atomic E-state index is 12.1. The zero-order chi connectivity index (χ0) is 15.2. The van der Waals surface area contributed by atoms with Crippen LogP contribution in [0.3, 0.4) is 0 Å². The number of anilines is 2. The van der Waals surface area contributed by atoms with E-state index in [4.69, 9.17) is 5.73 Å². The predicted molar refractivity (Wildman–Crippen MR) is 88.6 cm³/mol. The molecule has 3 N–H and O–H groups in total. The van der Waals surface area contributed by atoms with Gasteiger partial charge in [0, 0.05) is 24.5 Å². The lowest BCUT2D eigenvalue weighted by Gasteiger charge is -2.29. The molecule has 1 aliphatic rings. The number of amides is 1. The van der Waals surface area contributed by atoms with Crippen molar-refractivity contribution < 1.29 is 4.79 Å². The summed E-state index contributed by atoms with van der Waals surface area (Å²) in [4.78, 5) is 14.5. The fourth-order valence-corrected chi connectivity index (χ4v) is 2.65. The summed E-state index contributed by atoms with van der Waals surface area (Å²) in [7, 11) is 0. The quantitative estimate of drug-likeness (QED) is 0.876. The molecular formula is C17H27N3O.